The summed E-state index contributed by atoms with van der Waals surface area (Å²) in [6.45, 7) is 4.89. The summed E-state index contributed by atoms with van der Waals surface area (Å²) < 4.78 is 93.9. The summed E-state index contributed by atoms with van der Waals surface area (Å²) in [6, 6.07) is 1.89. The molecule has 2 aliphatic heterocycles. The van der Waals surface area contributed by atoms with Crippen LogP contribution in [0.3, 0.4) is 0 Å². The number of amides is 2. The Morgan fingerprint density at radius 3 is 2.27 bits per heavy atom. The molecular weight excluding hydrogens is 509 g/mol. The van der Waals surface area contributed by atoms with E-state index in [1.54, 1.807) is 9.80 Å². The number of aryl methyl sites for hydroxylation is 1. The lowest BCUT2D eigenvalue weighted by molar-refractivity contribution is -0.348. The Kier molecular flexibility index (Phi) is 7.01. The second-order valence-corrected chi connectivity index (χ2v) is 10.8. The minimum absolute atomic E-state index is 0.116. The molecule has 2 N–H and O–H groups in total. The van der Waals surface area contributed by atoms with Gasteiger partial charge < -0.3 is 20.0 Å². The fourth-order valence-electron chi connectivity index (χ4n) is 6.50. The molecule has 2 fully saturated rings. The lowest BCUT2D eigenvalue weighted by atomic mass is 9.70. The van der Waals surface area contributed by atoms with E-state index in [9.17, 15) is 45.7 Å². The van der Waals surface area contributed by atoms with E-state index in [1.807, 2.05) is 13.8 Å². The number of aliphatic hydroxyl groups is 2. The van der Waals surface area contributed by atoms with Gasteiger partial charge in [-0.05, 0) is 48.6 Å². The second-order valence-electron chi connectivity index (χ2n) is 10.8. The number of fused-ring (bicyclic) bond motifs is 3. The summed E-state index contributed by atoms with van der Waals surface area (Å²) in [4.78, 5) is 16.9. The topological polar surface area (TPSA) is 64.0 Å². The van der Waals surface area contributed by atoms with Crippen molar-refractivity contribution < 1.29 is 45.7 Å². The van der Waals surface area contributed by atoms with Crippen molar-refractivity contribution in [2.75, 3.05) is 19.6 Å². The molecule has 5 nitrogen and oxygen atoms in total. The van der Waals surface area contributed by atoms with Crippen molar-refractivity contribution >= 4 is 6.03 Å². The first-order chi connectivity index (χ1) is 17.0. The number of alkyl halides is 7. The van der Waals surface area contributed by atoms with Gasteiger partial charge in [-0.2, -0.15) is 26.3 Å². The van der Waals surface area contributed by atoms with E-state index in [1.165, 1.54) is 0 Å². The number of piperidine rings is 1. The highest BCUT2D eigenvalue weighted by molar-refractivity contribution is 5.76. The van der Waals surface area contributed by atoms with E-state index in [0.29, 0.717) is 63.0 Å². The fourth-order valence-corrected chi connectivity index (χ4v) is 6.50. The summed E-state index contributed by atoms with van der Waals surface area (Å²) in [6.07, 6.45) is -11.8. The van der Waals surface area contributed by atoms with E-state index < -0.39 is 35.3 Å². The number of benzene rings is 1. The third-order valence-corrected chi connectivity index (χ3v) is 8.82. The molecule has 4 rings (SSSR count). The molecule has 4 atom stereocenters. The Hall–Kier alpha value is -2.08. The van der Waals surface area contributed by atoms with Gasteiger partial charge in [0.05, 0.1) is 0 Å². The van der Waals surface area contributed by atoms with Gasteiger partial charge in [-0.25, -0.2) is 9.18 Å². The minimum Gasteiger partial charge on any atom is -0.368 e. The van der Waals surface area contributed by atoms with Gasteiger partial charge in [-0.3, -0.25) is 0 Å². The normalized spacial score (nSPS) is 28.9. The monoisotopic (exact) mass is 540 g/mol. The Morgan fingerprint density at radius 2 is 1.70 bits per heavy atom. The maximum atomic E-state index is 14.6. The molecule has 0 aromatic heterocycles. The molecule has 0 saturated carbocycles. The van der Waals surface area contributed by atoms with E-state index in [0.717, 1.165) is 6.07 Å². The number of aliphatic hydroxyl groups excluding tert-OH is 1. The maximum absolute atomic E-state index is 14.6. The molecule has 2 saturated heterocycles. The highest BCUT2D eigenvalue weighted by atomic mass is 19.4. The molecule has 0 spiro atoms. The van der Waals surface area contributed by atoms with Crippen LogP contribution < -0.4 is 0 Å². The van der Waals surface area contributed by atoms with Crippen LogP contribution in [-0.2, 0) is 12.1 Å². The molecule has 1 aliphatic carbocycles. The Labute approximate surface area is 210 Å². The quantitative estimate of drug-likeness (QED) is 0.407. The van der Waals surface area contributed by atoms with E-state index in [4.69, 9.17) is 0 Å². The zero-order valence-electron chi connectivity index (χ0n) is 20.5. The molecule has 1 aromatic carbocycles. The largest absolute Gasteiger partial charge is 0.435 e. The van der Waals surface area contributed by atoms with Crippen molar-refractivity contribution in [1.29, 1.82) is 0 Å². The van der Waals surface area contributed by atoms with Crippen LogP contribution >= 0.6 is 0 Å². The van der Waals surface area contributed by atoms with Gasteiger partial charge in [0.1, 0.15) is 0 Å². The maximum Gasteiger partial charge on any atom is 0.435 e. The first kappa shape index (κ1) is 27.9. The van der Waals surface area contributed by atoms with Crippen LogP contribution in [0.15, 0.2) is 18.2 Å². The predicted molar refractivity (Wildman–Crippen MR) is 119 cm³/mol. The Morgan fingerprint density at radius 1 is 1.05 bits per heavy atom. The van der Waals surface area contributed by atoms with Gasteiger partial charge in [0.15, 0.2) is 6.29 Å². The SMILES string of the molecule is CCC1(C)CN(C(=O)N2CC[C@H]3c4ccc(C(F)(C(F)(F)F)C(F)(F)F)cc4CC[C@H]32)CCC1C(O)O. The molecule has 208 valence electrons. The Balaban J connectivity index is 1.55. The summed E-state index contributed by atoms with van der Waals surface area (Å²) >= 11 is 0. The molecule has 2 unspecified atom stereocenters. The zero-order chi connectivity index (χ0) is 27.6. The van der Waals surface area contributed by atoms with Crippen LogP contribution in [0.4, 0.5) is 35.5 Å². The zero-order valence-corrected chi connectivity index (χ0v) is 20.5. The number of urea groups is 1. The van der Waals surface area contributed by atoms with Crippen LogP contribution in [0.2, 0.25) is 0 Å². The number of carbonyl (C=O) groups is 1. The Bertz CT molecular complexity index is 1010. The number of nitrogens with zero attached hydrogens (tertiary/aromatic N) is 2. The standard InChI is InChI=1S/C25H31F7N2O3/c1-3-22(2)13-33(10-9-18(22)20(35)36)21(37)34-11-8-17-16-6-5-15(12-14(16)4-7-19(17)34)23(26,24(27,28)29)25(30,31)32/h5-6,12,17-20,35-36H,3-4,7-11,13H2,1-2H3/t17-,18?,19+,22?/m0/s1. The second kappa shape index (κ2) is 9.29. The highest BCUT2D eigenvalue weighted by Gasteiger charge is 2.73. The van der Waals surface area contributed by atoms with Gasteiger partial charge in [-0.1, -0.05) is 32.0 Å². The summed E-state index contributed by atoms with van der Waals surface area (Å²) in [5, 5.41) is 19.6. The van der Waals surface area contributed by atoms with E-state index in [2.05, 4.69) is 0 Å². The average molecular weight is 541 g/mol. The van der Waals surface area contributed by atoms with Crippen molar-refractivity contribution in [2.45, 2.75) is 82.2 Å². The third kappa shape index (κ3) is 4.47. The number of hydrogen-bond acceptors (Lipinski definition) is 3. The highest BCUT2D eigenvalue weighted by Crippen LogP contribution is 2.54. The number of hydrogen-bond donors (Lipinski definition) is 2. The molecular formula is C25H31F7N2O3. The molecule has 12 heteroatoms. The van der Waals surface area contributed by atoms with E-state index >= 15 is 0 Å². The third-order valence-electron chi connectivity index (χ3n) is 8.82. The molecule has 0 bridgehead atoms. The molecule has 37 heavy (non-hydrogen) atoms. The summed E-state index contributed by atoms with van der Waals surface area (Å²) in [7, 11) is 0. The van der Waals surface area contributed by atoms with Crippen molar-refractivity contribution in [1.82, 2.24) is 9.80 Å². The number of likely N-dealkylation sites (tertiary alicyclic amines) is 2. The van der Waals surface area contributed by atoms with Crippen molar-refractivity contribution in [3.05, 3.63) is 34.9 Å². The smallest absolute Gasteiger partial charge is 0.368 e. The van der Waals surface area contributed by atoms with Gasteiger partial charge >= 0.3 is 24.1 Å². The van der Waals surface area contributed by atoms with Gasteiger partial charge in [0, 0.05) is 43.1 Å². The van der Waals surface area contributed by atoms with Gasteiger partial charge in [-0.15, -0.1) is 0 Å². The van der Waals surface area contributed by atoms with Crippen molar-refractivity contribution in [2.24, 2.45) is 11.3 Å². The van der Waals surface area contributed by atoms with Crippen LogP contribution in [0.25, 0.3) is 0 Å². The lowest BCUT2D eigenvalue weighted by Crippen LogP contribution is -2.56. The van der Waals surface area contributed by atoms with Gasteiger partial charge in [0.2, 0.25) is 0 Å². The van der Waals surface area contributed by atoms with Crippen LogP contribution in [-0.4, -0.2) is 70.4 Å². The molecule has 3 aliphatic rings. The molecule has 1 aromatic rings. The first-order valence-electron chi connectivity index (χ1n) is 12.4. The summed E-state index contributed by atoms with van der Waals surface area (Å²) in [5.41, 5.74) is -6.66. The fraction of sp³-hybridized carbons (Fsp3) is 0.720. The lowest BCUT2D eigenvalue weighted by Gasteiger charge is -2.48. The molecule has 2 amide bonds. The van der Waals surface area contributed by atoms with Crippen molar-refractivity contribution in [3.63, 3.8) is 0 Å². The predicted octanol–water partition coefficient (Wildman–Crippen LogP) is 5.25. The average Bonchev–Trinajstić information content (AvgIpc) is 3.25. The first-order valence-corrected chi connectivity index (χ1v) is 12.4. The van der Waals surface area contributed by atoms with Crippen LogP contribution in [0, 0.1) is 11.3 Å². The number of carbonyl (C=O) groups excluding carboxylic acids is 1. The number of rotatable bonds is 3. The number of halogens is 7. The van der Waals surface area contributed by atoms with Gasteiger partial charge in [0.25, 0.3) is 0 Å². The molecule has 0 radical (unpaired) electrons. The van der Waals surface area contributed by atoms with Crippen LogP contribution in [0.1, 0.15) is 62.1 Å². The van der Waals surface area contributed by atoms with Crippen molar-refractivity contribution in [3.8, 4) is 0 Å². The minimum atomic E-state index is -6.17. The molecule has 2 heterocycles. The van der Waals surface area contributed by atoms with E-state index in [-0.39, 0.29) is 35.9 Å². The van der Waals surface area contributed by atoms with Crippen LogP contribution in [0.5, 0.6) is 0 Å². The summed E-state index contributed by atoms with van der Waals surface area (Å²) in [5.74, 6) is -0.651.